The second kappa shape index (κ2) is 7.72. The van der Waals surface area contributed by atoms with E-state index in [0.29, 0.717) is 35.8 Å². The minimum atomic E-state index is 0.0961. The van der Waals surface area contributed by atoms with Gasteiger partial charge in [0.15, 0.2) is 5.82 Å². The maximum absolute atomic E-state index is 5.92. The molecule has 0 spiro atoms. The van der Waals surface area contributed by atoms with E-state index in [-0.39, 0.29) is 6.10 Å². The Morgan fingerprint density at radius 2 is 2.35 bits per heavy atom. The van der Waals surface area contributed by atoms with Gasteiger partial charge in [-0.3, -0.25) is 4.90 Å². The van der Waals surface area contributed by atoms with Crippen molar-refractivity contribution < 1.29 is 14.0 Å². The number of rotatable bonds is 6. The number of piperidine rings is 1. The monoisotopic (exact) mass is 338 g/mol. The molecule has 7 nitrogen and oxygen atoms in total. The van der Waals surface area contributed by atoms with Gasteiger partial charge in [-0.1, -0.05) is 16.8 Å². The summed E-state index contributed by atoms with van der Waals surface area (Å²) in [5, 5.41) is 4.48. The van der Waals surface area contributed by atoms with E-state index in [1.54, 1.807) is 25.4 Å². The molecule has 0 aromatic carbocycles. The number of methoxy groups -OCH3 is 1. The molecule has 8 heteroatoms. The summed E-state index contributed by atoms with van der Waals surface area (Å²) in [6.45, 7) is 2.75. The number of halogens is 1. The van der Waals surface area contributed by atoms with Crippen molar-refractivity contribution >= 4 is 11.6 Å². The van der Waals surface area contributed by atoms with Crippen molar-refractivity contribution in [1.82, 2.24) is 20.0 Å². The van der Waals surface area contributed by atoms with E-state index in [9.17, 15) is 0 Å². The van der Waals surface area contributed by atoms with Gasteiger partial charge < -0.3 is 14.0 Å². The molecule has 124 valence electrons. The molecule has 1 aliphatic heterocycles. The molecule has 0 amide bonds. The van der Waals surface area contributed by atoms with Crippen LogP contribution in [0.1, 0.15) is 24.6 Å². The highest BCUT2D eigenvalue weighted by Crippen LogP contribution is 2.19. The average Bonchev–Trinajstić information content (AvgIpc) is 2.98. The lowest BCUT2D eigenvalue weighted by atomic mass is 10.1. The van der Waals surface area contributed by atoms with E-state index in [4.69, 9.17) is 25.6 Å². The first-order valence-corrected chi connectivity index (χ1v) is 7.91. The Morgan fingerprint density at radius 1 is 1.43 bits per heavy atom. The summed E-state index contributed by atoms with van der Waals surface area (Å²) in [7, 11) is 1.60. The van der Waals surface area contributed by atoms with Crippen LogP contribution in [-0.2, 0) is 17.9 Å². The lowest BCUT2D eigenvalue weighted by Crippen LogP contribution is -2.40. The second-order valence-electron chi connectivity index (χ2n) is 5.47. The van der Waals surface area contributed by atoms with Crippen molar-refractivity contribution in [2.45, 2.75) is 32.1 Å². The number of pyridine rings is 1. The average molecular weight is 339 g/mol. The van der Waals surface area contributed by atoms with Gasteiger partial charge in [-0.2, -0.15) is 4.98 Å². The summed E-state index contributed by atoms with van der Waals surface area (Å²) < 4.78 is 16.1. The lowest BCUT2D eigenvalue weighted by Gasteiger charge is -2.31. The Balaban J connectivity index is 1.54. The quantitative estimate of drug-likeness (QED) is 0.800. The van der Waals surface area contributed by atoms with Gasteiger partial charge in [0.1, 0.15) is 12.7 Å². The number of hydrogen-bond acceptors (Lipinski definition) is 7. The molecule has 3 rings (SSSR count). The molecule has 0 radical (unpaired) electrons. The summed E-state index contributed by atoms with van der Waals surface area (Å²) >= 11 is 5.83. The summed E-state index contributed by atoms with van der Waals surface area (Å²) in [5.74, 6) is 1.77. The lowest BCUT2D eigenvalue weighted by molar-refractivity contribution is 0.0746. The molecule has 1 unspecified atom stereocenters. The summed E-state index contributed by atoms with van der Waals surface area (Å²) in [6, 6.07) is 3.57. The van der Waals surface area contributed by atoms with E-state index in [2.05, 4.69) is 20.0 Å². The largest absolute Gasteiger partial charge is 0.473 e. The SMILES string of the molecule is COCc1noc(CN2CCCC(Oc3ccc(Cl)cn3)C2)n1. The molecular weight excluding hydrogens is 320 g/mol. The van der Waals surface area contributed by atoms with Crippen LogP contribution in [0, 0.1) is 0 Å². The van der Waals surface area contributed by atoms with Crippen molar-refractivity contribution in [2.75, 3.05) is 20.2 Å². The minimum Gasteiger partial charge on any atom is -0.473 e. The highest BCUT2D eigenvalue weighted by molar-refractivity contribution is 6.30. The number of aromatic nitrogens is 3. The van der Waals surface area contributed by atoms with Crippen LogP contribution in [0.25, 0.3) is 0 Å². The van der Waals surface area contributed by atoms with Crippen LogP contribution in [-0.4, -0.2) is 46.3 Å². The van der Waals surface area contributed by atoms with E-state index < -0.39 is 0 Å². The second-order valence-corrected chi connectivity index (χ2v) is 5.91. The van der Waals surface area contributed by atoms with Gasteiger partial charge >= 0.3 is 0 Å². The predicted molar refractivity (Wildman–Crippen MR) is 83.2 cm³/mol. The van der Waals surface area contributed by atoms with Crippen LogP contribution in [0.2, 0.25) is 5.02 Å². The van der Waals surface area contributed by atoms with E-state index in [1.807, 2.05) is 0 Å². The zero-order chi connectivity index (χ0) is 16.1. The normalized spacial score (nSPS) is 19.0. The molecule has 2 aromatic rings. The molecular formula is C15H19ClN4O3. The van der Waals surface area contributed by atoms with Gasteiger partial charge in [-0.15, -0.1) is 0 Å². The minimum absolute atomic E-state index is 0.0961. The first-order chi connectivity index (χ1) is 11.2. The third-order valence-corrected chi connectivity index (χ3v) is 3.82. The molecule has 1 saturated heterocycles. The van der Waals surface area contributed by atoms with Gasteiger partial charge in [0.05, 0.1) is 11.6 Å². The maximum atomic E-state index is 5.92. The molecule has 3 heterocycles. The van der Waals surface area contributed by atoms with Crippen molar-refractivity contribution in [3.05, 3.63) is 35.1 Å². The van der Waals surface area contributed by atoms with Crippen molar-refractivity contribution in [2.24, 2.45) is 0 Å². The number of ether oxygens (including phenoxy) is 2. The molecule has 1 atom stereocenters. The van der Waals surface area contributed by atoms with Gasteiger partial charge in [-0.25, -0.2) is 4.98 Å². The van der Waals surface area contributed by atoms with Crippen LogP contribution < -0.4 is 4.74 Å². The first kappa shape index (κ1) is 16.2. The van der Waals surface area contributed by atoms with Crippen LogP contribution in [0.4, 0.5) is 0 Å². The summed E-state index contributed by atoms with van der Waals surface area (Å²) in [5.41, 5.74) is 0. The van der Waals surface area contributed by atoms with Crippen molar-refractivity contribution in [3.8, 4) is 5.88 Å². The van der Waals surface area contributed by atoms with Crippen LogP contribution >= 0.6 is 11.6 Å². The van der Waals surface area contributed by atoms with E-state index in [1.165, 1.54) is 0 Å². The molecule has 23 heavy (non-hydrogen) atoms. The fraction of sp³-hybridized carbons (Fsp3) is 0.533. The zero-order valence-corrected chi connectivity index (χ0v) is 13.7. The van der Waals surface area contributed by atoms with E-state index >= 15 is 0 Å². The van der Waals surface area contributed by atoms with E-state index in [0.717, 1.165) is 25.9 Å². The fourth-order valence-corrected chi connectivity index (χ4v) is 2.70. The third kappa shape index (κ3) is 4.63. The van der Waals surface area contributed by atoms with Crippen LogP contribution in [0.5, 0.6) is 5.88 Å². The smallest absolute Gasteiger partial charge is 0.240 e. The number of nitrogens with zero attached hydrogens (tertiary/aromatic N) is 4. The Kier molecular flexibility index (Phi) is 5.43. The molecule has 0 aliphatic carbocycles. The Morgan fingerprint density at radius 3 is 3.13 bits per heavy atom. The van der Waals surface area contributed by atoms with Gasteiger partial charge in [-0.05, 0) is 25.5 Å². The topological polar surface area (TPSA) is 73.5 Å². The molecule has 0 N–H and O–H groups in total. The standard InChI is InChI=1S/C15H19ClN4O3/c1-21-10-13-18-15(23-19-13)9-20-6-2-3-12(8-20)22-14-5-4-11(16)7-17-14/h4-5,7,12H,2-3,6,8-10H2,1H3. The summed E-state index contributed by atoms with van der Waals surface area (Å²) in [4.78, 5) is 10.7. The molecule has 1 fully saturated rings. The van der Waals surface area contributed by atoms with Gasteiger partial charge in [0.25, 0.3) is 0 Å². The Bertz CT molecular complexity index is 619. The number of hydrogen-bond donors (Lipinski definition) is 0. The maximum Gasteiger partial charge on any atom is 0.240 e. The van der Waals surface area contributed by atoms with Crippen molar-refractivity contribution in [3.63, 3.8) is 0 Å². The van der Waals surface area contributed by atoms with Crippen molar-refractivity contribution in [1.29, 1.82) is 0 Å². The van der Waals surface area contributed by atoms with Crippen LogP contribution in [0.3, 0.4) is 0 Å². The number of likely N-dealkylation sites (tertiary alicyclic amines) is 1. The summed E-state index contributed by atoms with van der Waals surface area (Å²) in [6.07, 6.45) is 3.74. The van der Waals surface area contributed by atoms with Gasteiger partial charge in [0.2, 0.25) is 11.8 Å². The Hall–Kier alpha value is -1.70. The predicted octanol–water partition coefficient (Wildman–Crippen LogP) is 2.31. The molecule has 2 aromatic heterocycles. The Labute approximate surface area is 139 Å². The first-order valence-electron chi connectivity index (χ1n) is 7.54. The molecule has 0 saturated carbocycles. The zero-order valence-electron chi connectivity index (χ0n) is 12.9. The van der Waals surface area contributed by atoms with Gasteiger partial charge in [0, 0.05) is 25.9 Å². The molecule has 1 aliphatic rings. The van der Waals surface area contributed by atoms with Crippen LogP contribution in [0.15, 0.2) is 22.9 Å². The highest BCUT2D eigenvalue weighted by Gasteiger charge is 2.23. The third-order valence-electron chi connectivity index (χ3n) is 3.59. The fourth-order valence-electron chi connectivity index (χ4n) is 2.59. The molecule has 0 bridgehead atoms. The highest BCUT2D eigenvalue weighted by atomic mass is 35.5.